The number of nitrogens with zero attached hydrogens (tertiary/aromatic N) is 4. The van der Waals surface area contributed by atoms with Crippen molar-refractivity contribution in [1.29, 1.82) is 0 Å². The van der Waals surface area contributed by atoms with E-state index in [0.29, 0.717) is 16.9 Å². The number of nitrogen functional groups attached to an aromatic ring is 1. The highest BCUT2D eigenvalue weighted by atomic mass is 32.2. The molecule has 1 saturated heterocycles. The van der Waals surface area contributed by atoms with Gasteiger partial charge in [0.05, 0.1) is 23.3 Å². The third-order valence-electron chi connectivity index (χ3n) is 5.51. The molecule has 0 aromatic carbocycles. The molecule has 3 aromatic heterocycles. The summed E-state index contributed by atoms with van der Waals surface area (Å²) in [5.74, 6) is -2.36. The number of fused-ring (bicyclic) bond motifs is 2. The minimum Gasteiger partial charge on any atom is -0.543 e. The molecule has 0 radical (unpaired) electrons. The molecule has 5 heterocycles. The van der Waals surface area contributed by atoms with Crippen LogP contribution < -0.4 is 20.7 Å². The van der Waals surface area contributed by atoms with E-state index in [1.807, 2.05) is 10.8 Å². The number of furan rings is 1. The summed E-state index contributed by atoms with van der Waals surface area (Å²) in [5.41, 5.74) is 6.75. The van der Waals surface area contributed by atoms with E-state index in [0.717, 1.165) is 21.6 Å². The van der Waals surface area contributed by atoms with Crippen LogP contribution >= 0.6 is 23.1 Å². The lowest BCUT2D eigenvalue weighted by molar-refractivity contribution is -0.687. The van der Waals surface area contributed by atoms with Crippen LogP contribution in [0.2, 0.25) is 0 Å². The molecule has 2 aliphatic heterocycles. The molecule has 14 heteroatoms. The number of thiazole rings is 1. The van der Waals surface area contributed by atoms with Crippen molar-refractivity contribution in [2.75, 3.05) is 18.6 Å². The number of aliphatic carboxylic acids is 1. The van der Waals surface area contributed by atoms with Gasteiger partial charge >= 0.3 is 0 Å². The van der Waals surface area contributed by atoms with E-state index in [9.17, 15) is 19.5 Å². The predicted octanol–water partition coefficient (Wildman–Crippen LogP) is -0.786. The molecule has 180 valence electrons. The van der Waals surface area contributed by atoms with E-state index in [2.05, 4.69) is 15.5 Å². The molecular weight excluding hydrogens is 496 g/mol. The van der Waals surface area contributed by atoms with Gasteiger partial charge < -0.3 is 30.2 Å². The fourth-order valence-corrected chi connectivity index (χ4v) is 5.85. The minimum absolute atomic E-state index is 0.144. The van der Waals surface area contributed by atoms with Crippen molar-refractivity contribution in [1.82, 2.24) is 15.2 Å². The summed E-state index contributed by atoms with van der Waals surface area (Å²) in [6.45, 7) is 0.251. The molecule has 1 fully saturated rings. The summed E-state index contributed by atoms with van der Waals surface area (Å²) in [6.07, 6.45) is 5.17. The summed E-state index contributed by atoms with van der Waals surface area (Å²) >= 11 is 2.47. The molecule has 0 bridgehead atoms. The van der Waals surface area contributed by atoms with Gasteiger partial charge in [0, 0.05) is 22.8 Å². The van der Waals surface area contributed by atoms with Gasteiger partial charge in [-0.3, -0.25) is 14.5 Å². The van der Waals surface area contributed by atoms with E-state index in [1.54, 1.807) is 30.0 Å². The van der Waals surface area contributed by atoms with E-state index in [4.69, 9.17) is 15.0 Å². The minimum atomic E-state index is -1.45. The van der Waals surface area contributed by atoms with Crippen LogP contribution in [0.5, 0.6) is 0 Å². The fourth-order valence-electron chi connectivity index (χ4n) is 3.97. The summed E-state index contributed by atoms with van der Waals surface area (Å²) in [6, 6.07) is 2.64. The molecule has 5 rings (SSSR count). The average Bonchev–Trinajstić information content (AvgIpc) is 3.48. The second kappa shape index (κ2) is 9.03. The van der Waals surface area contributed by atoms with Gasteiger partial charge in [-0.05, 0) is 6.07 Å². The van der Waals surface area contributed by atoms with Crippen LogP contribution in [0.25, 0.3) is 11.0 Å². The van der Waals surface area contributed by atoms with Crippen LogP contribution in [0.3, 0.4) is 0 Å². The van der Waals surface area contributed by atoms with Gasteiger partial charge in [-0.25, -0.2) is 9.55 Å². The van der Waals surface area contributed by atoms with Crippen LogP contribution in [0.4, 0.5) is 5.13 Å². The maximum absolute atomic E-state index is 13.0. The molecule has 0 aliphatic carbocycles. The molecule has 0 unspecified atom stereocenters. The number of anilines is 1. The molecular formula is C21H18N6O6S2. The average molecular weight is 515 g/mol. The Hall–Kier alpha value is -3.91. The number of carbonyl (C=O) groups excluding carboxylic acids is 3. The van der Waals surface area contributed by atoms with Crippen molar-refractivity contribution < 1.29 is 33.3 Å². The zero-order valence-corrected chi connectivity index (χ0v) is 19.8. The number of carbonyl (C=O) groups is 3. The number of β-lactam (4-membered cyclic amide) rings is 1. The van der Waals surface area contributed by atoms with Crippen LogP contribution in [0, 0.1) is 0 Å². The van der Waals surface area contributed by atoms with Gasteiger partial charge in [0.15, 0.2) is 29.8 Å². The molecule has 3 N–H and O–H groups in total. The molecule has 0 spiro atoms. The van der Waals surface area contributed by atoms with Gasteiger partial charge in [-0.1, -0.05) is 5.16 Å². The molecule has 2 amide bonds. The first-order valence-corrected chi connectivity index (χ1v) is 12.2. The number of nitrogens with one attached hydrogen (secondary N) is 1. The molecule has 0 saturated carbocycles. The number of oxime groups is 1. The molecule has 2 atom stereocenters. The Bertz CT molecular complexity index is 1410. The molecule has 35 heavy (non-hydrogen) atoms. The third-order valence-corrected chi connectivity index (χ3v) is 7.53. The lowest BCUT2D eigenvalue weighted by Gasteiger charge is -2.50. The number of pyridine rings is 1. The van der Waals surface area contributed by atoms with E-state index in [-0.39, 0.29) is 28.8 Å². The highest BCUT2D eigenvalue weighted by Crippen LogP contribution is 2.40. The zero-order valence-electron chi connectivity index (χ0n) is 18.2. The van der Waals surface area contributed by atoms with E-state index < -0.39 is 29.2 Å². The number of nitrogens with two attached hydrogens (primary N) is 1. The summed E-state index contributed by atoms with van der Waals surface area (Å²) in [7, 11) is 1.27. The number of hydrogen-bond acceptors (Lipinski definition) is 11. The smallest absolute Gasteiger partial charge is 0.276 e. The number of carboxylic acids is 1. The SMILES string of the molecule is CO/N=C(\C(=O)N[C@@H]1C(=O)N2C(C(=O)[O-])=C(C[n+]3ccc4occc4c3)CS[C@H]12)c1csc(N)n1. The summed E-state index contributed by atoms with van der Waals surface area (Å²) in [5, 5.41) is 20.4. The highest BCUT2D eigenvalue weighted by Gasteiger charge is 2.53. The Morgan fingerprint density at radius 2 is 2.29 bits per heavy atom. The van der Waals surface area contributed by atoms with Crippen LogP contribution in [-0.2, 0) is 25.8 Å². The third kappa shape index (κ3) is 4.10. The van der Waals surface area contributed by atoms with Gasteiger partial charge in [-0.2, -0.15) is 0 Å². The maximum Gasteiger partial charge on any atom is 0.276 e. The van der Waals surface area contributed by atoms with Gasteiger partial charge in [-0.15, -0.1) is 23.1 Å². The van der Waals surface area contributed by atoms with Gasteiger partial charge in [0.25, 0.3) is 11.8 Å². The van der Waals surface area contributed by atoms with E-state index in [1.165, 1.54) is 18.9 Å². The topological polar surface area (TPSA) is 167 Å². The Balaban J connectivity index is 1.36. The normalized spacial score (nSPS) is 20.0. The lowest BCUT2D eigenvalue weighted by Crippen LogP contribution is -2.71. The molecule has 3 aromatic rings. The predicted molar refractivity (Wildman–Crippen MR) is 124 cm³/mol. The molecule has 2 aliphatic rings. The largest absolute Gasteiger partial charge is 0.543 e. The van der Waals surface area contributed by atoms with Crippen molar-refractivity contribution in [3.63, 3.8) is 0 Å². The van der Waals surface area contributed by atoms with E-state index >= 15 is 0 Å². The fraction of sp³-hybridized carbons (Fsp3) is 0.238. The Morgan fingerprint density at radius 1 is 1.46 bits per heavy atom. The van der Waals surface area contributed by atoms with Gasteiger partial charge in [0.1, 0.15) is 29.8 Å². The summed E-state index contributed by atoms with van der Waals surface area (Å²) in [4.78, 5) is 47.8. The Labute approximate surface area is 206 Å². The number of aromatic nitrogens is 2. The Kier molecular flexibility index (Phi) is 5.90. The first kappa shape index (κ1) is 22.9. The quantitative estimate of drug-likeness (QED) is 0.178. The van der Waals surface area contributed by atoms with Crippen molar-refractivity contribution in [2.24, 2.45) is 5.16 Å². The highest BCUT2D eigenvalue weighted by molar-refractivity contribution is 8.00. The second-order valence-electron chi connectivity index (χ2n) is 7.65. The number of rotatable bonds is 7. The van der Waals surface area contributed by atoms with Gasteiger partial charge in [0.2, 0.25) is 0 Å². The summed E-state index contributed by atoms with van der Waals surface area (Å²) < 4.78 is 7.15. The monoisotopic (exact) mass is 514 g/mol. The van der Waals surface area contributed by atoms with Crippen molar-refractivity contribution in [2.45, 2.75) is 18.0 Å². The number of amides is 2. The second-order valence-corrected chi connectivity index (χ2v) is 9.65. The number of hydrogen-bond donors (Lipinski definition) is 2. The van der Waals surface area contributed by atoms with Crippen molar-refractivity contribution >= 4 is 62.7 Å². The molecule has 12 nitrogen and oxygen atoms in total. The maximum atomic E-state index is 13.0. The number of thioether (sulfide) groups is 1. The standard InChI is InChI=1S/C21H18N6O6S2/c1-32-25-14(12-9-35-21(22)23-12)17(28)24-15-18(29)27-16(20(30)31)11(8-34-19(15)27)7-26-4-2-13-10(6-26)3-5-33-13/h2-6,9,15,19H,7-8H2,1H3,(H3-,22,23,24,28,30,31)/b25-14-/t15-,19-/m1/s1. The number of carboxylic acid groups (broad SMARTS) is 1. The zero-order chi connectivity index (χ0) is 24.7. The van der Waals surface area contributed by atoms with Crippen LogP contribution in [0.15, 0.2) is 57.0 Å². The first-order valence-electron chi connectivity index (χ1n) is 10.2. The van der Waals surface area contributed by atoms with Crippen molar-refractivity contribution in [3.8, 4) is 0 Å². The van der Waals surface area contributed by atoms with Crippen LogP contribution in [0.1, 0.15) is 5.69 Å². The Morgan fingerprint density at radius 3 is 3.00 bits per heavy atom. The lowest BCUT2D eigenvalue weighted by atomic mass is 10.0. The first-order chi connectivity index (χ1) is 16.9. The van der Waals surface area contributed by atoms with Crippen molar-refractivity contribution in [3.05, 3.63) is 53.1 Å². The van der Waals surface area contributed by atoms with Crippen LogP contribution in [-0.4, -0.2) is 57.7 Å².